The fourth-order valence-electron chi connectivity index (χ4n) is 2.36. The Morgan fingerprint density at radius 3 is 2.96 bits per heavy atom. The fourth-order valence-corrected chi connectivity index (χ4v) is 3.95. The largest absolute Gasteiger partial charge is 0.496 e. The van der Waals surface area contributed by atoms with E-state index >= 15 is 0 Å². The maximum absolute atomic E-state index is 12.5. The van der Waals surface area contributed by atoms with Crippen molar-refractivity contribution in [3.05, 3.63) is 39.5 Å². The highest BCUT2D eigenvalue weighted by Crippen LogP contribution is 2.37. The lowest BCUT2D eigenvalue weighted by atomic mass is 10.0. The number of ether oxygens (including phenoxy) is 1. The van der Waals surface area contributed by atoms with Gasteiger partial charge in [-0.15, -0.1) is 11.3 Å². The lowest BCUT2D eigenvalue weighted by Crippen LogP contribution is -2.09. The molecule has 0 bridgehead atoms. The van der Waals surface area contributed by atoms with Crippen LogP contribution in [0.3, 0.4) is 0 Å². The van der Waals surface area contributed by atoms with Crippen molar-refractivity contribution >= 4 is 33.3 Å². The number of thiophene rings is 1. The van der Waals surface area contributed by atoms with Gasteiger partial charge in [0.15, 0.2) is 5.16 Å². The van der Waals surface area contributed by atoms with Crippen molar-refractivity contribution < 1.29 is 9.13 Å². The smallest absolute Gasteiger partial charge is 0.260 e. The van der Waals surface area contributed by atoms with Crippen molar-refractivity contribution in [1.82, 2.24) is 9.97 Å². The molecule has 0 saturated heterocycles. The van der Waals surface area contributed by atoms with Crippen molar-refractivity contribution in [1.29, 1.82) is 0 Å². The van der Waals surface area contributed by atoms with E-state index in [-0.39, 0.29) is 11.3 Å². The Balaban J connectivity index is 2.17. The first-order chi connectivity index (χ1) is 11.1. The number of hydrogen-bond donors (Lipinski definition) is 1. The number of aromatic amines is 1. The molecule has 3 aromatic rings. The SMILES string of the molecule is COc1ccc(C)cc1-c1csc2nc(SCCF)[nH]c(=O)c12. The molecule has 4 nitrogen and oxygen atoms in total. The number of alkyl halides is 1. The molecule has 2 heterocycles. The second-order valence-corrected chi connectivity index (χ2v) is 6.88. The van der Waals surface area contributed by atoms with Crippen LogP contribution in [0.25, 0.3) is 21.3 Å². The summed E-state index contributed by atoms with van der Waals surface area (Å²) in [5, 5.41) is 2.90. The number of H-pyrrole nitrogens is 1. The Bertz CT molecular complexity index is 905. The minimum atomic E-state index is -0.456. The molecule has 0 unspecified atom stereocenters. The number of nitrogens with one attached hydrogen (secondary N) is 1. The molecule has 3 rings (SSSR count). The van der Waals surface area contributed by atoms with E-state index in [2.05, 4.69) is 9.97 Å². The highest BCUT2D eigenvalue weighted by molar-refractivity contribution is 7.99. The first-order valence-corrected chi connectivity index (χ1v) is 8.86. The molecule has 0 aliphatic rings. The number of benzene rings is 1. The van der Waals surface area contributed by atoms with Crippen LogP contribution < -0.4 is 10.3 Å². The van der Waals surface area contributed by atoms with E-state index in [9.17, 15) is 9.18 Å². The highest BCUT2D eigenvalue weighted by Gasteiger charge is 2.16. The van der Waals surface area contributed by atoms with Crippen molar-refractivity contribution in [2.45, 2.75) is 12.1 Å². The van der Waals surface area contributed by atoms with Crippen LogP contribution in [0.2, 0.25) is 0 Å². The molecule has 7 heteroatoms. The van der Waals surface area contributed by atoms with E-state index < -0.39 is 6.67 Å². The molecule has 23 heavy (non-hydrogen) atoms. The van der Waals surface area contributed by atoms with Gasteiger partial charge >= 0.3 is 0 Å². The predicted octanol–water partition coefficient (Wildman–Crippen LogP) is 4.03. The number of rotatable bonds is 5. The number of aromatic nitrogens is 2. The second-order valence-electron chi connectivity index (χ2n) is 4.94. The van der Waals surface area contributed by atoms with Gasteiger partial charge in [0.25, 0.3) is 5.56 Å². The molecule has 0 aliphatic heterocycles. The van der Waals surface area contributed by atoms with Crippen molar-refractivity contribution in [3.8, 4) is 16.9 Å². The normalized spacial score (nSPS) is 11.1. The Labute approximate surface area is 140 Å². The zero-order valence-corrected chi connectivity index (χ0v) is 14.3. The molecule has 1 N–H and O–H groups in total. The maximum atomic E-state index is 12.5. The Hall–Kier alpha value is -1.86. The number of aryl methyl sites for hydroxylation is 1. The molecule has 0 saturated carbocycles. The summed E-state index contributed by atoms with van der Waals surface area (Å²) in [7, 11) is 1.61. The fraction of sp³-hybridized carbons (Fsp3) is 0.250. The highest BCUT2D eigenvalue weighted by atomic mass is 32.2. The van der Waals surface area contributed by atoms with Gasteiger partial charge in [-0.05, 0) is 19.1 Å². The van der Waals surface area contributed by atoms with Crippen LogP contribution in [-0.4, -0.2) is 29.5 Å². The molecule has 0 radical (unpaired) electrons. The van der Waals surface area contributed by atoms with E-state index in [4.69, 9.17) is 4.74 Å². The minimum Gasteiger partial charge on any atom is -0.496 e. The van der Waals surface area contributed by atoms with Crippen LogP contribution in [-0.2, 0) is 0 Å². The van der Waals surface area contributed by atoms with Crippen LogP contribution >= 0.6 is 23.1 Å². The van der Waals surface area contributed by atoms with Gasteiger partial charge in [-0.1, -0.05) is 23.4 Å². The number of halogens is 1. The first-order valence-electron chi connectivity index (χ1n) is 6.99. The van der Waals surface area contributed by atoms with E-state index in [0.29, 0.717) is 21.1 Å². The summed E-state index contributed by atoms with van der Waals surface area (Å²) in [6.45, 7) is 1.54. The zero-order valence-electron chi connectivity index (χ0n) is 12.7. The standard InChI is InChI=1S/C16H15FN2O2S2/c1-9-3-4-12(21-2)10(7-9)11-8-23-15-13(11)14(20)18-16(19-15)22-6-5-17/h3-4,7-8H,5-6H2,1-2H3,(H,18,19,20). The van der Waals surface area contributed by atoms with Gasteiger partial charge in [-0.3, -0.25) is 9.18 Å². The van der Waals surface area contributed by atoms with Gasteiger partial charge in [-0.25, -0.2) is 4.98 Å². The van der Waals surface area contributed by atoms with Crippen molar-refractivity contribution in [2.24, 2.45) is 0 Å². The summed E-state index contributed by atoms with van der Waals surface area (Å²) in [6.07, 6.45) is 0. The van der Waals surface area contributed by atoms with E-state index in [1.807, 2.05) is 30.5 Å². The van der Waals surface area contributed by atoms with Crippen molar-refractivity contribution in [2.75, 3.05) is 19.5 Å². The summed E-state index contributed by atoms with van der Waals surface area (Å²) in [5.74, 6) is 0.990. The van der Waals surface area contributed by atoms with Gasteiger partial charge in [-0.2, -0.15) is 0 Å². The quantitative estimate of drug-likeness (QED) is 0.557. The molecular weight excluding hydrogens is 335 g/mol. The molecule has 0 amide bonds. The average molecular weight is 350 g/mol. The molecule has 1 aromatic carbocycles. The predicted molar refractivity (Wildman–Crippen MR) is 93.7 cm³/mol. The third-order valence-electron chi connectivity index (χ3n) is 3.38. The average Bonchev–Trinajstić information content (AvgIpc) is 2.97. The number of nitrogens with zero attached hydrogens (tertiary/aromatic N) is 1. The summed E-state index contributed by atoms with van der Waals surface area (Å²) in [6, 6.07) is 5.85. The topological polar surface area (TPSA) is 55.0 Å². The number of fused-ring (bicyclic) bond motifs is 1. The number of methoxy groups -OCH3 is 1. The van der Waals surface area contributed by atoms with Crippen LogP contribution in [0.15, 0.2) is 33.5 Å². The lowest BCUT2D eigenvalue weighted by molar-refractivity contribution is 0.416. The third kappa shape index (κ3) is 3.11. The van der Waals surface area contributed by atoms with E-state index in [1.54, 1.807) is 7.11 Å². The molecular formula is C16H15FN2O2S2. The summed E-state index contributed by atoms with van der Waals surface area (Å²) in [5.41, 5.74) is 2.55. The van der Waals surface area contributed by atoms with Gasteiger partial charge in [0.2, 0.25) is 0 Å². The Kier molecular flexibility index (Phi) is 4.68. The molecule has 0 atom stereocenters. The Morgan fingerprint density at radius 2 is 2.22 bits per heavy atom. The number of thioether (sulfide) groups is 1. The first kappa shape index (κ1) is 16.0. The summed E-state index contributed by atoms with van der Waals surface area (Å²) < 4.78 is 17.7. The van der Waals surface area contributed by atoms with Crippen LogP contribution in [0.5, 0.6) is 5.75 Å². The molecule has 0 spiro atoms. The molecule has 120 valence electrons. The van der Waals surface area contributed by atoms with Gasteiger partial charge in [0.05, 0.1) is 19.2 Å². The monoisotopic (exact) mass is 350 g/mol. The summed E-state index contributed by atoms with van der Waals surface area (Å²) >= 11 is 2.61. The van der Waals surface area contributed by atoms with Gasteiger partial charge < -0.3 is 9.72 Å². The summed E-state index contributed by atoms with van der Waals surface area (Å²) in [4.78, 5) is 20.3. The zero-order chi connectivity index (χ0) is 16.4. The van der Waals surface area contributed by atoms with Gasteiger partial charge in [0.1, 0.15) is 10.6 Å². The Morgan fingerprint density at radius 1 is 1.39 bits per heavy atom. The second kappa shape index (κ2) is 6.72. The van der Waals surface area contributed by atoms with Crippen LogP contribution in [0.1, 0.15) is 5.56 Å². The van der Waals surface area contributed by atoms with E-state index in [0.717, 1.165) is 16.7 Å². The molecule has 2 aromatic heterocycles. The third-order valence-corrected chi connectivity index (χ3v) is 5.08. The van der Waals surface area contributed by atoms with Crippen molar-refractivity contribution in [3.63, 3.8) is 0 Å². The van der Waals surface area contributed by atoms with Crippen LogP contribution in [0.4, 0.5) is 4.39 Å². The maximum Gasteiger partial charge on any atom is 0.260 e. The van der Waals surface area contributed by atoms with E-state index in [1.165, 1.54) is 23.1 Å². The lowest BCUT2D eigenvalue weighted by Gasteiger charge is -2.08. The molecule has 0 fully saturated rings. The van der Waals surface area contributed by atoms with Gasteiger partial charge in [0, 0.05) is 22.3 Å². The van der Waals surface area contributed by atoms with Crippen LogP contribution in [0, 0.1) is 6.92 Å². The number of hydrogen-bond acceptors (Lipinski definition) is 5. The minimum absolute atomic E-state index is 0.212. The molecule has 0 aliphatic carbocycles.